The van der Waals surface area contributed by atoms with Crippen LogP contribution in [0.15, 0.2) is 83.5 Å². The fourth-order valence-corrected chi connectivity index (χ4v) is 7.11. The number of fused-ring (bicyclic) bond motifs is 1. The highest BCUT2D eigenvalue weighted by Crippen LogP contribution is 2.54. The SMILES string of the molecule is CC1=NN(c2cccc(Cl)c2)C2(SCC(=O)N2c2nc3ccccc3s2)/C1=C\c1ccccc1O. The van der Waals surface area contributed by atoms with Crippen molar-refractivity contribution in [2.45, 2.75) is 11.9 Å². The molecule has 1 saturated heterocycles. The normalized spacial score (nSPS) is 21.0. The zero-order chi connectivity index (χ0) is 24.2. The van der Waals surface area contributed by atoms with Gasteiger partial charge in [0.25, 0.3) is 0 Å². The van der Waals surface area contributed by atoms with E-state index in [4.69, 9.17) is 21.7 Å². The van der Waals surface area contributed by atoms with Crippen molar-refractivity contribution in [3.63, 3.8) is 0 Å². The van der Waals surface area contributed by atoms with Crippen LogP contribution < -0.4 is 9.91 Å². The lowest BCUT2D eigenvalue weighted by Crippen LogP contribution is -2.54. The molecule has 1 atom stereocenters. The molecule has 1 spiro atoms. The van der Waals surface area contributed by atoms with E-state index in [0.29, 0.717) is 15.7 Å². The topological polar surface area (TPSA) is 69.0 Å². The number of hydrogen-bond acceptors (Lipinski definition) is 7. The summed E-state index contributed by atoms with van der Waals surface area (Å²) in [6, 6.07) is 22.4. The van der Waals surface area contributed by atoms with E-state index in [0.717, 1.165) is 27.2 Å². The zero-order valence-electron chi connectivity index (χ0n) is 18.6. The van der Waals surface area contributed by atoms with E-state index in [1.165, 1.54) is 23.1 Å². The highest BCUT2D eigenvalue weighted by molar-refractivity contribution is 8.02. The molecular weight excluding hydrogens is 500 g/mol. The molecule has 174 valence electrons. The van der Waals surface area contributed by atoms with Gasteiger partial charge in [-0.3, -0.25) is 4.79 Å². The number of carbonyl (C=O) groups excluding carboxylic acids is 1. The Morgan fingerprint density at radius 1 is 1.09 bits per heavy atom. The Labute approximate surface area is 215 Å². The minimum atomic E-state index is -1.03. The quantitative estimate of drug-likeness (QED) is 0.341. The van der Waals surface area contributed by atoms with E-state index in [2.05, 4.69) is 0 Å². The molecule has 0 radical (unpaired) electrons. The predicted molar refractivity (Wildman–Crippen MR) is 145 cm³/mol. The molecule has 35 heavy (non-hydrogen) atoms. The summed E-state index contributed by atoms with van der Waals surface area (Å²) >= 11 is 9.31. The summed E-state index contributed by atoms with van der Waals surface area (Å²) in [5.41, 5.74) is 3.78. The van der Waals surface area contributed by atoms with Gasteiger partial charge in [0.1, 0.15) is 5.75 Å². The maximum absolute atomic E-state index is 13.5. The molecule has 3 heterocycles. The average Bonchev–Trinajstić information content (AvgIpc) is 3.50. The number of nitrogens with zero attached hydrogens (tertiary/aromatic N) is 4. The molecule has 0 saturated carbocycles. The number of carbonyl (C=O) groups is 1. The number of aromatic nitrogens is 1. The number of thiazole rings is 1. The van der Waals surface area contributed by atoms with E-state index in [1.54, 1.807) is 23.1 Å². The summed E-state index contributed by atoms with van der Waals surface area (Å²) in [7, 11) is 0. The Bertz CT molecular complexity index is 1520. The Hall–Kier alpha value is -3.33. The molecule has 1 aromatic heterocycles. The number of hydrogen-bond donors (Lipinski definition) is 1. The van der Waals surface area contributed by atoms with E-state index in [-0.39, 0.29) is 17.4 Å². The minimum absolute atomic E-state index is 0.0610. The van der Waals surface area contributed by atoms with Crippen LogP contribution in [-0.2, 0) is 4.79 Å². The monoisotopic (exact) mass is 518 g/mol. The van der Waals surface area contributed by atoms with Crippen LogP contribution in [0, 0.1) is 0 Å². The van der Waals surface area contributed by atoms with Crippen molar-refractivity contribution in [2.24, 2.45) is 5.10 Å². The predicted octanol–water partition coefficient (Wildman–Crippen LogP) is 6.37. The number of para-hydroxylation sites is 2. The molecule has 6 nitrogen and oxygen atoms in total. The number of rotatable bonds is 3. The Balaban J connectivity index is 1.61. The first kappa shape index (κ1) is 22.2. The second-order valence-corrected chi connectivity index (χ2v) is 10.8. The Morgan fingerprint density at radius 2 is 1.89 bits per heavy atom. The molecule has 2 aliphatic heterocycles. The summed E-state index contributed by atoms with van der Waals surface area (Å²) in [5.74, 6) is 0.354. The van der Waals surface area contributed by atoms with Gasteiger partial charge in [-0.15, -0.1) is 0 Å². The fourth-order valence-electron chi connectivity index (χ4n) is 4.43. The van der Waals surface area contributed by atoms with Crippen LogP contribution >= 0.6 is 34.7 Å². The van der Waals surface area contributed by atoms with Gasteiger partial charge < -0.3 is 5.11 Å². The zero-order valence-corrected chi connectivity index (χ0v) is 20.9. The van der Waals surface area contributed by atoms with Gasteiger partial charge in [0.15, 0.2) is 5.13 Å². The van der Waals surface area contributed by atoms with Crippen LogP contribution in [0.5, 0.6) is 5.75 Å². The van der Waals surface area contributed by atoms with Crippen molar-refractivity contribution in [3.05, 3.63) is 89.0 Å². The largest absolute Gasteiger partial charge is 0.507 e. The first-order chi connectivity index (χ1) is 17.0. The van der Waals surface area contributed by atoms with Crippen LogP contribution in [-0.4, -0.2) is 32.5 Å². The number of thioether (sulfide) groups is 1. The van der Waals surface area contributed by atoms with E-state index < -0.39 is 4.99 Å². The highest BCUT2D eigenvalue weighted by atomic mass is 35.5. The third-order valence-corrected chi connectivity index (χ3v) is 8.62. The number of hydrazone groups is 1. The van der Waals surface area contributed by atoms with Crippen LogP contribution in [0.25, 0.3) is 16.3 Å². The van der Waals surface area contributed by atoms with Crippen molar-refractivity contribution >= 4 is 73.4 Å². The molecular formula is C26H19ClN4O2S2. The summed E-state index contributed by atoms with van der Waals surface area (Å²) < 4.78 is 0.999. The van der Waals surface area contributed by atoms with Gasteiger partial charge in [-0.1, -0.05) is 71.1 Å². The summed E-state index contributed by atoms with van der Waals surface area (Å²) in [6.07, 6.45) is 1.91. The van der Waals surface area contributed by atoms with E-state index in [9.17, 15) is 9.90 Å². The third kappa shape index (κ3) is 3.52. The molecule has 9 heteroatoms. The van der Waals surface area contributed by atoms with Gasteiger partial charge in [0, 0.05) is 16.2 Å². The maximum atomic E-state index is 13.5. The average molecular weight is 519 g/mol. The first-order valence-corrected chi connectivity index (χ1v) is 13.1. The number of anilines is 2. The van der Waals surface area contributed by atoms with Crippen molar-refractivity contribution < 1.29 is 9.90 Å². The van der Waals surface area contributed by atoms with Gasteiger partial charge in [-0.05, 0) is 49.4 Å². The lowest BCUT2D eigenvalue weighted by atomic mass is 10.0. The van der Waals surface area contributed by atoms with E-state index >= 15 is 0 Å². The van der Waals surface area contributed by atoms with Crippen molar-refractivity contribution in [3.8, 4) is 5.75 Å². The molecule has 1 fully saturated rings. The number of halogens is 1. The number of benzene rings is 3. The van der Waals surface area contributed by atoms with Gasteiger partial charge in [0.2, 0.25) is 10.9 Å². The summed E-state index contributed by atoms with van der Waals surface area (Å²) in [6.45, 7) is 1.91. The van der Waals surface area contributed by atoms with Crippen LogP contribution in [0.4, 0.5) is 10.8 Å². The number of amides is 1. The van der Waals surface area contributed by atoms with Gasteiger partial charge in [-0.2, -0.15) is 5.10 Å². The highest BCUT2D eigenvalue weighted by Gasteiger charge is 2.59. The van der Waals surface area contributed by atoms with Gasteiger partial charge in [-0.25, -0.2) is 14.9 Å². The molecule has 1 unspecified atom stereocenters. The third-order valence-electron chi connectivity index (χ3n) is 5.99. The van der Waals surface area contributed by atoms with Gasteiger partial charge in [0.05, 0.1) is 27.4 Å². The summed E-state index contributed by atoms with van der Waals surface area (Å²) in [5, 5.41) is 18.5. The molecule has 3 aromatic carbocycles. The van der Waals surface area contributed by atoms with Crippen LogP contribution in [0.3, 0.4) is 0 Å². The van der Waals surface area contributed by atoms with Crippen LogP contribution in [0.1, 0.15) is 12.5 Å². The second kappa shape index (κ2) is 8.41. The fraction of sp³-hybridized carbons (Fsp3) is 0.115. The number of aromatic hydroxyl groups is 1. The Kier molecular flexibility index (Phi) is 5.32. The standard InChI is InChI=1S/C26H19ClN4O2S2/c1-16-20(13-17-7-2-4-11-22(17)32)26(31(29-16)19-9-6-8-18(27)14-19)30(24(33)15-34-26)25-28-21-10-3-5-12-23(21)35-25/h2-14,32H,15H2,1H3/b20-13-. The van der Waals surface area contributed by atoms with Gasteiger partial charge >= 0.3 is 0 Å². The van der Waals surface area contributed by atoms with Crippen molar-refractivity contribution in [1.82, 2.24) is 4.98 Å². The number of phenols is 1. The molecule has 1 N–H and O–H groups in total. The van der Waals surface area contributed by atoms with Crippen molar-refractivity contribution in [2.75, 3.05) is 15.7 Å². The smallest absolute Gasteiger partial charge is 0.241 e. The molecule has 2 aliphatic rings. The summed E-state index contributed by atoms with van der Waals surface area (Å²) in [4.78, 5) is 19.1. The molecule has 1 amide bonds. The van der Waals surface area contributed by atoms with E-state index in [1.807, 2.05) is 72.6 Å². The lowest BCUT2D eigenvalue weighted by molar-refractivity contribution is -0.116. The Morgan fingerprint density at radius 3 is 2.69 bits per heavy atom. The lowest BCUT2D eigenvalue weighted by Gasteiger charge is -2.40. The maximum Gasteiger partial charge on any atom is 0.241 e. The minimum Gasteiger partial charge on any atom is -0.507 e. The van der Waals surface area contributed by atoms with Crippen LogP contribution in [0.2, 0.25) is 5.02 Å². The molecule has 4 aromatic rings. The number of phenolic OH excluding ortho intramolecular Hbond substituents is 1. The first-order valence-electron chi connectivity index (χ1n) is 10.9. The molecule has 6 rings (SSSR count). The molecule has 0 aliphatic carbocycles. The van der Waals surface area contributed by atoms with Crippen molar-refractivity contribution in [1.29, 1.82) is 0 Å². The second-order valence-electron chi connectivity index (χ2n) is 8.18. The molecule has 0 bridgehead atoms.